The summed E-state index contributed by atoms with van der Waals surface area (Å²) in [5, 5.41) is 10.7. The summed E-state index contributed by atoms with van der Waals surface area (Å²) in [7, 11) is 0. The van der Waals surface area contributed by atoms with Gasteiger partial charge in [0.1, 0.15) is 12.4 Å². The number of benzene rings is 2. The Morgan fingerprint density at radius 3 is 2.07 bits per heavy atom. The van der Waals surface area contributed by atoms with Crippen LogP contribution in [0.1, 0.15) is 26.7 Å². The Hall–Kier alpha value is -3.62. The summed E-state index contributed by atoms with van der Waals surface area (Å²) >= 11 is 0. The van der Waals surface area contributed by atoms with Crippen LogP contribution in [0.25, 0.3) is 0 Å². The van der Waals surface area contributed by atoms with Crippen molar-refractivity contribution in [3.63, 3.8) is 0 Å². The van der Waals surface area contributed by atoms with E-state index >= 15 is 0 Å². The summed E-state index contributed by atoms with van der Waals surface area (Å²) in [4.78, 5) is 34.8. The number of nitrogens with one attached hydrogen (secondary N) is 2. The van der Waals surface area contributed by atoms with E-state index in [0.29, 0.717) is 12.2 Å². The highest BCUT2D eigenvalue weighted by molar-refractivity contribution is 5.80. The van der Waals surface area contributed by atoms with E-state index in [-0.39, 0.29) is 36.9 Å². The van der Waals surface area contributed by atoms with Crippen LogP contribution < -0.4 is 15.8 Å². The third-order valence-corrected chi connectivity index (χ3v) is 4.35. The smallest absolute Gasteiger partial charge is 0.306 e. The van der Waals surface area contributed by atoms with Crippen LogP contribution in [0.5, 0.6) is 0 Å². The first-order valence-corrected chi connectivity index (χ1v) is 9.65. The molecule has 0 aliphatic carbocycles. The molecule has 30 heavy (non-hydrogen) atoms. The second-order valence-electron chi connectivity index (χ2n) is 6.60. The number of nitro groups is 1. The summed E-state index contributed by atoms with van der Waals surface area (Å²) in [5.74, 6) is -0.392. The van der Waals surface area contributed by atoms with Crippen molar-refractivity contribution in [1.29, 1.82) is 0 Å². The van der Waals surface area contributed by atoms with Crippen LogP contribution in [-0.4, -0.2) is 36.4 Å². The van der Waals surface area contributed by atoms with Crippen molar-refractivity contribution in [2.45, 2.75) is 26.7 Å². The number of ketones is 1. The normalized spacial score (nSPS) is 10.2. The first-order valence-electron chi connectivity index (χ1n) is 9.65. The van der Waals surface area contributed by atoms with Gasteiger partial charge in [0.25, 0.3) is 5.69 Å². The van der Waals surface area contributed by atoms with Gasteiger partial charge in [0.15, 0.2) is 0 Å². The number of nitro benzene ring substituents is 1. The number of rotatable bonds is 12. The van der Waals surface area contributed by atoms with Gasteiger partial charge in [-0.25, -0.2) is 0 Å². The molecule has 0 radical (unpaired) electrons. The summed E-state index contributed by atoms with van der Waals surface area (Å²) in [6.45, 7) is 5.02. The van der Waals surface area contributed by atoms with Gasteiger partial charge in [0.2, 0.25) is 0 Å². The molecule has 0 bridgehead atoms. The number of non-ortho nitro benzene ring substituents is 1. The van der Waals surface area contributed by atoms with Crippen LogP contribution in [0.15, 0.2) is 48.5 Å². The number of nitrogens with zero attached hydrogens (tertiary/aromatic N) is 2. The number of carbonyl (C=O) groups is 2. The van der Waals surface area contributed by atoms with Crippen molar-refractivity contribution in [2.75, 3.05) is 35.4 Å². The first-order chi connectivity index (χ1) is 14.4. The zero-order chi connectivity index (χ0) is 21.9. The Balaban J connectivity index is 1.81. The van der Waals surface area contributed by atoms with E-state index in [4.69, 9.17) is 4.74 Å². The third kappa shape index (κ3) is 7.42. The van der Waals surface area contributed by atoms with Crippen molar-refractivity contribution >= 4 is 34.5 Å². The lowest BCUT2D eigenvalue weighted by Crippen LogP contribution is -2.28. The molecular weight excluding hydrogens is 388 g/mol. The predicted octanol–water partition coefficient (Wildman–Crippen LogP) is 3.77. The summed E-state index contributed by atoms with van der Waals surface area (Å²) < 4.78 is 5.18. The molecule has 0 saturated heterocycles. The molecule has 0 unspecified atom stereocenters. The van der Waals surface area contributed by atoms with E-state index in [2.05, 4.69) is 15.8 Å². The minimum Gasteiger partial charge on any atom is -0.464 e. The lowest BCUT2D eigenvalue weighted by Gasteiger charge is -2.23. The predicted molar refractivity (Wildman–Crippen MR) is 116 cm³/mol. The van der Waals surface area contributed by atoms with Gasteiger partial charge in [-0.1, -0.05) is 0 Å². The Morgan fingerprint density at radius 2 is 1.57 bits per heavy atom. The minimum absolute atomic E-state index is 0.0288. The fourth-order valence-corrected chi connectivity index (χ4v) is 2.66. The van der Waals surface area contributed by atoms with Gasteiger partial charge in [-0.15, -0.1) is 0 Å². The highest BCUT2D eigenvalue weighted by Crippen LogP contribution is 2.19. The highest BCUT2D eigenvalue weighted by Gasteiger charge is 2.08. The Bertz CT molecular complexity index is 853. The molecular formula is C21H26N4O5. The van der Waals surface area contributed by atoms with E-state index < -0.39 is 4.92 Å². The first kappa shape index (κ1) is 22.7. The van der Waals surface area contributed by atoms with Crippen molar-refractivity contribution in [3.05, 3.63) is 58.6 Å². The molecule has 2 aromatic rings. The standard InChI is InChI=1S/C21H26N4O5/c1-3-24(14-15-30-21(27)13-4-16(2)26)19-9-5-17(6-10-19)22-23-18-7-11-20(12-8-18)25(28)29/h5-12,22-23H,3-4,13-15H2,1-2H3. The zero-order valence-electron chi connectivity index (χ0n) is 17.1. The second-order valence-corrected chi connectivity index (χ2v) is 6.60. The quantitative estimate of drug-likeness (QED) is 0.306. The van der Waals surface area contributed by atoms with Crippen molar-refractivity contribution < 1.29 is 19.2 Å². The maximum absolute atomic E-state index is 11.6. The van der Waals surface area contributed by atoms with Crippen molar-refractivity contribution in [2.24, 2.45) is 0 Å². The molecule has 2 rings (SSSR count). The van der Waals surface area contributed by atoms with Gasteiger partial charge in [0, 0.05) is 30.8 Å². The number of Topliss-reactive ketones (excluding diaryl/α,β-unsaturated/α-hetero) is 1. The van der Waals surface area contributed by atoms with E-state index in [0.717, 1.165) is 17.9 Å². The Kier molecular flexibility index (Phi) is 8.61. The molecule has 0 fully saturated rings. The fourth-order valence-electron chi connectivity index (χ4n) is 2.66. The molecule has 160 valence electrons. The molecule has 2 N–H and O–H groups in total. The van der Waals surface area contributed by atoms with E-state index in [1.54, 1.807) is 12.1 Å². The average molecular weight is 414 g/mol. The molecule has 0 amide bonds. The van der Waals surface area contributed by atoms with Crippen molar-refractivity contribution in [3.8, 4) is 0 Å². The molecule has 0 aliphatic heterocycles. The van der Waals surface area contributed by atoms with Crippen LogP contribution in [0.3, 0.4) is 0 Å². The largest absolute Gasteiger partial charge is 0.464 e. The number of anilines is 3. The number of hydrazine groups is 1. The topological polar surface area (TPSA) is 114 Å². The second kappa shape index (κ2) is 11.4. The maximum Gasteiger partial charge on any atom is 0.306 e. The number of hydrogen-bond donors (Lipinski definition) is 2. The SMILES string of the molecule is CCN(CCOC(=O)CCC(C)=O)c1ccc(NNc2ccc([N+](=O)[O-])cc2)cc1. The monoisotopic (exact) mass is 414 g/mol. The average Bonchev–Trinajstić information content (AvgIpc) is 2.74. The van der Waals surface area contributed by atoms with Gasteiger partial charge in [-0.3, -0.25) is 14.9 Å². The molecule has 2 aromatic carbocycles. The third-order valence-electron chi connectivity index (χ3n) is 4.35. The molecule has 0 saturated carbocycles. The molecule has 0 spiro atoms. The number of carbonyl (C=O) groups excluding carboxylic acids is 2. The molecule has 0 atom stereocenters. The molecule has 0 aromatic heterocycles. The summed E-state index contributed by atoms with van der Waals surface area (Å²) in [6, 6.07) is 13.8. The number of esters is 1. The number of likely N-dealkylation sites (N-methyl/N-ethyl adjacent to an activating group) is 1. The van der Waals surface area contributed by atoms with Gasteiger partial charge in [0.05, 0.1) is 29.3 Å². The minimum atomic E-state index is -0.442. The lowest BCUT2D eigenvalue weighted by atomic mass is 10.2. The molecule has 9 nitrogen and oxygen atoms in total. The van der Waals surface area contributed by atoms with Gasteiger partial charge in [-0.05, 0) is 50.2 Å². The summed E-state index contributed by atoms with van der Waals surface area (Å²) in [5.41, 5.74) is 8.57. The van der Waals surface area contributed by atoms with E-state index in [9.17, 15) is 19.7 Å². The molecule has 9 heteroatoms. The Morgan fingerprint density at radius 1 is 1.00 bits per heavy atom. The van der Waals surface area contributed by atoms with Crippen molar-refractivity contribution in [1.82, 2.24) is 0 Å². The van der Waals surface area contributed by atoms with E-state index in [1.165, 1.54) is 19.1 Å². The van der Waals surface area contributed by atoms with Crippen LogP contribution in [0.4, 0.5) is 22.7 Å². The Labute approximate surface area is 175 Å². The highest BCUT2D eigenvalue weighted by atomic mass is 16.6. The van der Waals surface area contributed by atoms with Gasteiger partial charge >= 0.3 is 5.97 Å². The fraction of sp³-hybridized carbons (Fsp3) is 0.333. The number of hydrogen-bond acceptors (Lipinski definition) is 8. The van der Waals surface area contributed by atoms with Crippen LogP contribution in [-0.2, 0) is 14.3 Å². The van der Waals surface area contributed by atoms with Gasteiger partial charge < -0.3 is 25.3 Å². The summed E-state index contributed by atoms with van der Waals surface area (Å²) in [6.07, 6.45) is 0.322. The maximum atomic E-state index is 11.6. The van der Waals surface area contributed by atoms with Crippen LogP contribution >= 0.6 is 0 Å². The molecule has 0 aliphatic rings. The van der Waals surface area contributed by atoms with Crippen LogP contribution in [0, 0.1) is 10.1 Å². The molecule has 0 heterocycles. The van der Waals surface area contributed by atoms with E-state index in [1.807, 2.05) is 31.2 Å². The zero-order valence-corrected chi connectivity index (χ0v) is 17.1. The number of ether oxygens (including phenoxy) is 1. The lowest BCUT2D eigenvalue weighted by molar-refractivity contribution is -0.384. The van der Waals surface area contributed by atoms with Crippen LogP contribution in [0.2, 0.25) is 0 Å². The van der Waals surface area contributed by atoms with Gasteiger partial charge in [-0.2, -0.15) is 0 Å².